The predicted octanol–water partition coefficient (Wildman–Crippen LogP) is 12.6. The molecule has 0 fully saturated rings. The van der Waals surface area contributed by atoms with Crippen LogP contribution in [0.1, 0.15) is 47.6 Å². The van der Waals surface area contributed by atoms with E-state index in [1.807, 2.05) is 6.07 Å². The highest BCUT2D eigenvalue weighted by Crippen LogP contribution is 2.41. The zero-order valence-corrected chi connectivity index (χ0v) is 26.7. The molecule has 0 radical (unpaired) electrons. The molecule has 0 spiro atoms. The zero-order chi connectivity index (χ0) is 32.5. The maximum atomic E-state index is 10.1. The minimum atomic E-state index is 0.337. The number of nitrogens with zero attached hydrogens (tertiary/aromatic N) is 3. The number of benzene rings is 7. The highest BCUT2D eigenvalue weighted by atomic mass is 15.1. The lowest BCUT2D eigenvalue weighted by Gasteiger charge is -2.27. The summed E-state index contributed by atoms with van der Waals surface area (Å²) >= 11 is 0. The van der Waals surface area contributed by atoms with Gasteiger partial charge in [-0.3, -0.25) is 0 Å². The van der Waals surface area contributed by atoms with Gasteiger partial charge >= 0.3 is 0 Å². The Morgan fingerprint density at radius 2 is 1.30 bits per heavy atom. The van der Waals surface area contributed by atoms with Crippen LogP contribution in [0.15, 0.2) is 127 Å². The second-order valence-electron chi connectivity index (χ2n) is 12.3. The van der Waals surface area contributed by atoms with Gasteiger partial charge < -0.3 is 4.90 Å². The minimum absolute atomic E-state index is 0.337. The van der Waals surface area contributed by atoms with Crippen LogP contribution in [0, 0.1) is 24.8 Å². The molecule has 7 aromatic rings. The summed E-state index contributed by atoms with van der Waals surface area (Å²) in [4.78, 5) is 6.16. The van der Waals surface area contributed by atoms with Crippen molar-refractivity contribution in [3.63, 3.8) is 0 Å². The van der Waals surface area contributed by atoms with E-state index in [0.717, 1.165) is 55.3 Å². The summed E-state index contributed by atoms with van der Waals surface area (Å²) in [5.74, 6) is 0.337. The largest absolute Gasteiger partial charge is 0.310 e. The highest BCUT2D eigenvalue weighted by Gasteiger charge is 2.17. The third-order valence-electron chi connectivity index (χ3n) is 8.95. The Morgan fingerprint density at radius 1 is 0.660 bits per heavy atom. The van der Waals surface area contributed by atoms with Gasteiger partial charge in [-0.1, -0.05) is 129 Å². The molecule has 0 aliphatic heterocycles. The summed E-state index contributed by atoms with van der Waals surface area (Å²) in [5.41, 5.74) is 8.61. The van der Waals surface area contributed by atoms with Crippen LogP contribution in [0.2, 0.25) is 0 Å². The summed E-state index contributed by atoms with van der Waals surface area (Å²) in [5, 5.41) is 16.2. The normalized spacial score (nSPS) is 11.4. The summed E-state index contributed by atoms with van der Waals surface area (Å²) in [6.45, 7) is 14.4. The molecule has 0 aliphatic rings. The number of rotatable bonds is 6. The first-order valence-corrected chi connectivity index (χ1v) is 15.9. The number of hydrogen-bond donors (Lipinski definition) is 0. The molecule has 224 valence electrons. The Morgan fingerprint density at radius 3 is 2.02 bits per heavy atom. The van der Waals surface area contributed by atoms with Crippen molar-refractivity contribution in [2.24, 2.45) is 0 Å². The number of nitriles is 1. The van der Waals surface area contributed by atoms with Gasteiger partial charge in [-0.25, -0.2) is 4.85 Å². The molecular weight excluding hydrogens is 571 g/mol. The maximum Gasteiger partial charge on any atom is 0.212 e. The second-order valence-corrected chi connectivity index (χ2v) is 12.3. The minimum Gasteiger partial charge on any atom is -0.310 e. The van der Waals surface area contributed by atoms with Gasteiger partial charge in [-0.15, -0.1) is 0 Å². The SMILES string of the molecule is [C-]#[N+]c1c(C#N)c2cc(C(C)C)ccc2c2ccc(C=Cc3ccc(N(c4ccc(C)cc4)c4cccc5ccccc45)cc3)cc12. The van der Waals surface area contributed by atoms with Crippen LogP contribution in [-0.4, -0.2) is 0 Å². The topological polar surface area (TPSA) is 31.4 Å². The lowest BCUT2D eigenvalue weighted by atomic mass is 9.91. The quantitative estimate of drug-likeness (QED) is 0.108. The van der Waals surface area contributed by atoms with Crippen LogP contribution >= 0.6 is 0 Å². The van der Waals surface area contributed by atoms with E-state index >= 15 is 0 Å². The monoisotopic (exact) mass is 603 g/mol. The average Bonchev–Trinajstić information content (AvgIpc) is 3.11. The smallest absolute Gasteiger partial charge is 0.212 e. The molecule has 7 aromatic carbocycles. The van der Waals surface area contributed by atoms with Gasteiger partial charge in [-0.2, -0.15) is 5.26 Å². The van der Waals surface area contributed by atoms with Crippen molar-refractivity contribution in [3.8, 4) is 6.07 Å². The number of aryl methyl sites for hydroxylation is 1. The van der Waals surface area contributed by atoms with Crippen LogP contribution in [0.3, 0.4) is 0 Å². The summed E-state index contributed by atoms with van der Waals surface area (Å²) in [7, 11) is 0. The van der Waals surface area contributed by atoms with Crippen LogP contribution < -0.4 is 4.90 Å². The molecule has 0 atom stereocenters. The molecule has 0 aliphatic carbocycles. The lowest BCUT2D eigenvalue weighted by molar-refractivity contribution is 0.869. The van der Waals surface area contributed by atoms with E-state index in [4.69, 9.17) is 6.57 Å². The van der Waals surface area contributed by atoms with E-state index in [1.54, 1.807) is 0 Å². The molecule has 0 N–H and O–H groups in total. The number of hydrogen-bond acceptors (Lipinski definition) is 2. The molecule has 0 heterocycles. The highest BCUT2D eigenvalue weighted by molar-refractivity contribution is 6.17. The first kappa shape index (κ1) is 29.5. The summed E-state index contributed by atoms with van der Waals surface area (Å²) < 4.78 is 0. The Bertz CT molecular complexity index is 2400. The molecule has 0 unspecified atom stereocenters. The van der Waals surface area contributed by atoms with Gasteiger partial charge in [-0.05, 0) is 86.8 Å². The van der Waals surface area contributed by atoms with E-state index in [2.05, 4.69) is 170 Å². The first-order chi connectivity index (χ1) is 22.9. The van der Waals surface area contributed by atoms with Gasteiger partial charge in [0.25, 0.3) is 0 Å². The van der Waals surface area contributed by atoms with Crippen molar-refractivity contribution in [1.29, 1.82) is 5.26 Å². The van der Waals surface area contributed by atoms with Crippen LogP contribution in [-0.2, 0) is 0 Å². The van der Waals surface area contributed by atoms with E-state index in [9.17, 15) is 5.26 Å². The second kappa shape index (κ2) is 12.3. The Balaban J connectivity index is 1.25. The fourth-order valence-corrected chi connectivity index (χ4v) is 6.40. The standard InChI is InChI=1S/C44H33N3/c1-29(2)34-19-25-38-39-24-18-32(26-41(39)44(46-4)42(28-45)40(38)27-34)15-14-31-16-22-36(23-17-31)47(35-20-12-30(3)13-21-35)43-11-7-9-33-8-5-6-10-37(33)43/h5-27,29H,1-3H3. The fraction of sp³-hybridized carbons (Fsp3) is 0.0909. The third-order valence-corrected chi connectivity index (χ3v) is 8.95. The number of anilines is 3. The predicted molar refractivity (Wildman–Crippen MR) is 199 cm³/mol. The first-order valence-electron chi connectivity index (χ1n) is 15.9. The van der Waals surface area contributed by atoms with Crippen LogP contribution in [0.5, 0.6) is 0 Å². The van der Waals surface area contributed by atoms with E-state index < -0.39 is 0 Å². The summed E-state index contributed by atoms with van der Waals surface area (Å²) in [6, 6.07) is 47.0. The van der Waals surface area contributed by atoms with Gasteiger partial charge in [0.2, 0.25) is 5.69 Å². The molecule has 3 nitrogen and oxygen atoms in total. The van der Waals surface area contributed by atoms with Crippen molar-refractivity contribution in [1.82, 2.24) is 0 Å². The van der Waals surface area contributed by atoms with Crippen molar-refractivity contribution >= 4 is 67.2 Å². The van der Waals surface area contributed by atoms with E-state index in [-0.39, 0.29) is 0 Å². The maximum absolute atomic E-state index is 10.1. The molecule has 0 aromatic heterocycles. The van der Waals surface area contributed by atoms with Crippen molar-refractivity contribution < 1.29 is 0 Å². The molecule has 3 heteroatoms. The van der Waals surface area contributed by atoms with E-state index in [1.165, 1.54) is 16.3 Å². The van der Waals surface area contributed by atoms with Crippen molar-refractivity contribution in [3.05, 3.63) is 167 Å². The molecule has 47 heavy (non-hydrogen) atoms. The van der Waals surface area contributed by atoms with Crippen molar-refractivity contribution in [2.45, 2.75) is 26.7 Å². The van der Waals surface area contributed by atoms with Gasteiger partial charge in [0.15, 0.2) is 0 Å². The Hall–Kier alpha value is -6.16. The zero-order valence-electron chi connectivity index (χ0n) is 26.7. The Kier molecular flexibility index (Phi) is 7.75. The average molecular weight is 604 g/mol. The van der Waals surface area contributed by atoms with Crippen LogP contribution in [0.25, 0.3) is 49.3 Å². The molecule has 0 bridgehead atoms. The van der Waals surface area contributed by atoms with Gasteiger partial charge in [0, 0.05) is 16.8 Å². The molecule has 0 saturated carbocycles. The van der Waals surface area contributed by atoms with E-state index in [0.29, 0.717) is 17.2 Å². The van der Waals surface area contributed by atoms with Crippen LogP contribution in [0.4, 0.5) is 22.7 Å². The van der Waals surface area contributed by atoms with Gasteiger partial charge in [0.05, 0.1) is 23.9 Å². The summed E-state index contributed by atoms with van der Waals surface area (Å²) in [6.07, 6.45) is 4.17. The molecule has 7 rings (SSSR count). The lowest BCUT2D eigenvalue weighted by Crippen LogP contribution is -2.10. The third kappa shape index (κ3) is 5.50. The fourth-order valence-electron chi connectivity index (χ4n) is 6.40. The van der Waals surface area contributed by atoms with Gasteiger partial charge in [0.1, 0.15) is 0 Å². The molecule has 0 saturated heterocycles. The molecular formula is C44H33N3. The number of fused-ring (bicyclic) bond motifs is 4. The Labute approximate surface area is 276 Å². The molecule has 0 amide bonds. The van der Waals surface area contributed by atoms with Crippen molar-refractivity contribution in [2.75, 3.05) is 4.90 Å².